The van der Waals surface area contributed by atoms with Crippen molar-refractivity contribution in [1.82, 2.24) is 0 Å². The maximum Gasteiger partial charge on any atom is 0.107 e. The van der Waals surface area contributed by atoms with Gasteiger partial charge in [-0.2, -0.15) is 0 Å². The SMILES string of the molecule is CSc1cccc(NC2CCCC2)c1C(N)=S. The molecule has 1 aliphatic rings. The van der Waals surface area contributed by atoms with Gasteiger partial charge >= 0.3 is 0 Å². The van der Waals surface area contributed by atoms with Gasteiger partial charge in [-0.15, -0.1) is 11.8 Å². The molecule has 1 aromatic rings. The van der Waals surface area contributed by atoms with Crippen molar-refractivity contribution >= 4 is 34.7 Å². The van der Waals surface area contributed by atoms with Crippen LogP contribution in [0.2, 0.25) is 0 Å². The van der Waals surface area contributed by atoms with E-state index in [4.69, 9.17) is 18.0 Å². The van der Waals surface area contributed by atoms with Crippen LogP contribution in [0, 0.1) is 0 Å². The second-order valence-electron chi connectivity index (χ2n) is 4.37. The Kier molecular flexibility index (Phi) is 4.29. The van der Waals surface area contributed by atoms with Gasteiger partial charge in [0.1, 0.15) is 4.99 Å². The molecule has 0 spiro atoms. The molecule has 0 aromatic heterocycles. The molecule has 0 saturated heterocycles. The summed E-state index contributed by atoms with van der Waals surface area (Å²) < 4.78 is 0. The van der Waals surface area contributed by atoms with Crippen molar-refractivity contribution < 1.29 is 0 Å². The molecule has 0 atom stereocenters. The topological polar surface area (TPSA) is 38.0 Å². The fraction of sp³-hybridized carbons (Fsp3) is 0.462. The van der Waals surface area contributed by atoms with Crippen molar-refractivity contribution in [3.63, 3.8) is 0 Å². The molecule has 1 saturated carbocycles. The van der Waals surface area contributed by atoms with Crippen LogP contribution < -0.4 is 11.1 Å². The third kappa shape index (κ3) is 2.93. The molecule has 1 fully saturated rings. The fourth-order valence-corrected chi connectivity index (χ4v) is 3.29. The van der Waals surface area contributed by atoms with Gasteiger partial charge in [0.15, 0.2) is 0 Å². The molecular formula is C13H18N2S2. The minimum Gasteiger partial charge on any atom is -0.389 e. The van der Waals surface area contributed by atoms with Crippen LogP contribution in [0.25, 0.3) is 0 Å². The van der Waals surface area contributed by atoms with Crippen LogP contribution in [-0.4, -0.2) is 17.3 Å². The Morgan fingerprint density at radius 1 is 1.41 bits per heavy atom. The number of anilines is 1. The largest absolute Gasteiger partial charge is 0.389 e. The number of thioether (sulfide) groups is 1. The van der Waals surface area contributed by atoms with Gasteiger partial charge in [-0.3, -0.25) is 0 Å². The van der Waals surface area contributed by atoms with Crippen molar-refractivity contribution in [3.8, 4) is 0 Å². The lowest BCUT2D eigenvalue weighted by Crippen LogP contribution is -2.19. The first-order valence-corrected chi connectivity index (χ1v) is 7.59. The predicted octanol–water partition coefficient (Wildman–Crippen LogP) is 3.40. The Morgan fingerprint density at radius 3 is 2.71 bits per heavy atom. The number of hydrogen-bond donors (Lipinski definition) is 2. The van der Waals surface area contributed by atoms with Crippen molar-refractivity contribution in [1.29, 1.82) is 0 Å². The highest BCUT2D eigenvalue weighted by atomic mass is 32.2. The van der Waals surface area contributed by atoms with Crippen LogP contribution in [-0.2, 0) is 0 Å². The summed E-state index contributed by atoms with van der Waals surface area (Å²) >= 11 is 6.86. The predicted molar refractivity (Wildman–Crippen MR) is 80.0 cm³/mol. The lowest BCUT2D eigenvalue weighted by atomic mass is 10.1. The van der Waals surface area contributed by atoms with Crippen LogP contribution in [0.4, 0.5) is 5.69 Å². The third-order valence-corrected chi connectivity index (χ3v) is 4.19. The Morgan fingerprint density at radius 2 is 2.12 bits per heavy atom. The molecule has 92 valence electrons. The Bertz CT molecular complexity index is 412. The third-order valence-electron chi connectivity index (χ3n) is 3.21. The van der Waals surface area contributed by atoms with Gasteiger partial charge in [-0.1, -0.05) is 31.1 Å². The zero-order chi connectivity index (χ0) is 12.3. The summed E-state index contributed by atoms with van der Waals surface area (Å²) in [6.45, 7) is 0. The summed E-state index contributed by atoms with van der Waals surface area (Å²) in [4.78, 5) is 1.64. The Hall–Kier alpha value is -0.740. The van der Waals surface area contributed by atoms with E-state index < -0.39 is 0 Å². The van der Waals surface area contributed by atoms with E-state index in [2.05, 4.69) is 29.8 Å². The van der Waals surface area contributed by atoms with Crippen molar-refractivity contribution in [2.75, 3.05) is 11.6 Å². The van der Waals surface area contributed by atoms with E-state index in [9.17, 15) is 0 Å². The summed E-state index contributed by atoms with van der Waals surface area (Å²) in [6.07, 6.45) is 7.20. The van der Waals surface area contributed by atoms with Crippen molar-refractivity contribution in [3.05, 3.63) is 23.8 Å². The average Bonchev–Trinajstić information content (AvgIpc) is 2.81. The van der Waals surface area contributed by atoms with Gasteiger partial charge in [-0.05, 0) is 31.2 Å². The highest BCUT2D eigenvalue weighted by Gasteiger charge is 2.17. The van der Waals surface area contributed by atoms with E-state index in [-0.39, 0.29) is 0 Å². The highest BCUT2D eigenvalue weighted by molar-refractivity contribution is 7.98. The highest BCUT2D eigenvalue weighted by Crippen LogP contribution is 2.30. The van der Waals surface area contributed by atoms with E-state index in [1.165, 1.54) is 25.7 Å². The molecule has 1 aromatic carbocycles. The smallest absolute Gasteiger partial charge is 0.107 e. The molecule has 2 nitrogen and oxygen atoms in total. The summed E-state index contributed by atoms with van der Waals surface area (Å²) in [5.41, 5.74) is 7.94. The minimum atomic E-state index is 0.482. The molecule has 4 heteroatoms. The van der Waals surface area contributed by atoms with Gasteiger partial charge < -0.3 is 11.1 Å². The first kappa shape index (κ1) is 12.7. The first-order valence-electron chi connectivity index (χ1n) is 5.95. The standard InChI is InChI=1S/C13H18N2S2/c1-17-11-8-4-7-10(12(11)13(14)16)15-9-5-2-3-6-9/h4,7-9,15H,2-3,5-6H2,1H3,(H2,14,16). The van der Waals surface area contributed by atoms with E-state index in [1.807, 2.05) is 0 Å². The molecule has 3 N–H and O–H groups in total. The van der Waals surface area contributed by atoms with E-state index in [0.717, 1.165) is 16.1 Å². The number of thiocarbonyl (C=S) groups is 1. The van der Waals surface area contributed by atoms with Crippen LogP contribution in [0.5, 0.6) is 0 Å². The Labute approximate surface area is 112 Å². The fourth-order valence-electron chi connectivity index (χ4n) is 2.37. The van der Waals surface area contributed by atoms with Crippen molar-refractivity contribution in [2.24, 2.45) is 5.73 Å². The van der Waals surface area contributed by atoms with Gasteiger partial charge in [0.2, 0.25) is 0 Å². The first-order chi connectivity index (χ1) is 8.22. The molecule has 0 unspecified atom stereocenters. The molecular weight excluding hydrogens is 248 g/mol. The van der Waals surface area contributed by atoms with Gasteiger partial charge in [0.05, 0.1) is 0 Å². The maximum atomic E-state index is 5.84. The summed E-state index contributed by atoms with van der Waals surface area (Å²) in [7, 11) is 0. The molecule has 0 amide bonds. The summed E-state index contributed by atoms with van der Waals surface area (Å²) in [6, 6.07) is 6.79. The van der Waals surface area contributed by atoms with E-state index >= 15 is 0 Å². The van der Waals surface area contributed by atoms with E-state index in [1.54, 1.807) is 11.8 Å². The van der Waals surface area contributed by atoms with Crippen LogP contribution >= 0.6 is 24.0 Å². The monoisotopic (exact) mass is 266 g/mol. The zero-order valence-electron chi connectivity index (χ0n) is 10.0. The number of benzene rings is 1. The minimum absolute atomic E-state index is 0.482. The second-order valence-corrected chi connectivity index (χ2v) is 5.66. The van der Waals surface area contributed by atoms with Crippen LogP contribution in [0.3, 0.4) is 0 Å². The van der Waals surface area contributed by atoms with Crippen LogP contribution in [0.1, 0.15) is 31.2 Å². The number of nitrogens with two attached hydrogens (primary N) is 1. The molecule has 17 heavy (non-hydrogen) atoms. The van der Waals surface area contributed by atoms with E-state index in [0.29, 0.717) is 11.0 Å². The number of nitrogens with one attached hydrogen (secondary N) is 1. The quantitative estimate of drug-likeness (QED) is 0.647. The lowest BCUT2D eigenvalue weighted by Gasteiger charge is -2.18. The molecule has 2 rings (SSSR count). The van der Waals surface area contributed by atoms with Gasteiger partial charge in [0, 0.05) is 22.2 Å². The molecule has 1 aliphatic carbocycles. The zero-order valence-corrected chi connectivity index (χ0v) is 11.7. The molecule has 0 radical (unpaired) electrons. The van der Waals surface area contributed by atoms with Crippen molar-refractivity contribution in [2.45, 2.75) is 36.6 Å². The normalized spacial score (nSPS) is 16.1. The van der Waals surface area contributed by atoms with Crippen LogP contribution in [0.15, 0.2) is 23.1 Å². The number of hydrogen-bond acceptors (Lipinski definition) is 3. The number of rotatable bonds is 4. The van der Waals surface area contributed by atoms with Gasteiger partial charge in [0.25, 0.3) is 0 Å². The molecule has 0 aliphatic heterocycles. The average molecular weight is 266 g/mol. The Balaban J connectivity index is 2.28. The maximum absolute atomic E-state index is 5.84. The lowest BCUT2D eigenvalue weighted by molar-refractivity contribution is 0.755. The summed E-state index contributed by atoms with van der Waals surface area (Å²) in [5, 5.41) is 3.58. The summed E-state index contributed by atoms with van der Waals surface area (Å²) in [5.74, 6) is 0. The molecule has 0 bridgehead atoms. The van der Waals surface area contributed by atoms with Gasteiger partial charge in [-0.25, -0.2) is 0 Å². The molecule has 0 heterocycles. The second kappa shape index (κ2) is 5.74.